The Balaban J connectivity index is 1.65. The van der Waals surface area contributed by atoms with Gasteiger partial charge in [-0.3, -0.25) is 4.79 Å². The fourth-order valence-corrected chi connectivity index (χ4v) is 3.04. The van der Waals surface area contributed by atoms with Crippen molar-refractivity contribution in [1.82, 2.24) is 10.2 Å². The normalized spacial score (nSPS) is 18.5. The van der Waals surface area contributed by atoms with Gasteiger partial charge in [0, 0.05) is 31.6 Å². The Morgan fingerprint density at radius 3 is 2.86 bits per heavy atom. The van der Waals surface area contributed by atoms with E-state index in [4.69, 9.17) is 4.74 Å². The molecule has 1 N–H and O–H groups in total. The average Bonchev–Trinajstić information content (AvgIpc) is 2.53. The zero-order valence-electron chi connectivity index (χ0n) is 12.8. The molecule has 0 bridgehead atoms. The number of ether oxygens (including phenoxy) is 1. The van der Waals surface area contributed by atoms with Crippen molar-refractivity contribution in [3.05, 3.63) is 29.8 Å². The number of rotatable bonds is 6. The van der Waals surface area contributed by atoms with Crippen LogP contribution in [0.2, 0.25) is 0 Å². The highest BCUT2D eigenvalue weighted by Gasteiger charge is 2.24. The number of thioether (sulfide) groups is 1. The summed E-state index contributed by atoms with van der Waals surface area (Å²) in [5.74, 6) is 1.10. The molecular weight excluding hydrogens is 284 g/mol. The van der Waals surface area contributed by atoms with Gasteiger partial charge in [0.25, 0.3) is 5.91 Å². The van der Waals surface area contributed by atoms with Crippen LogP contribution in [0, 0.1) is 6.92 Å². The molecular formula is C16H24N2O2S. The van der Waals surface area contributed by atoms with E-state index in [-0.39, 0.29) is 12.0 Å². The van der Waals surface area contributed by atoms with E-state index in [1.54, 1.807) is 4.90 Å². The van der Waals surface area contributed by atoms with Crippen LogP contribution in [0.15, 0.2) is 29.2 Å². The van der Waals surface area contributed by atoms with E-state index < -0.39 is 0 Å². The van der Waals surface area contributed by atoms with Crippen LogP contribution < -0.4 is 5.32 Å². The average molecular weight is 308 g/mol. The molecule has 0 aliphatic carbocycles. The number of carbonyl (C=O) groups is 1. The molecule has 0 spiro atoms. The Morgan fingerprint density at radius 1 is 1.43 bits per heavy atom. The summed E-state index contributed by atoms with van der Waals surface area (Å²) < 4.78 is 5.49. The third-order valence-electron chi connectivity index (χ3n) is 3.51. The highest BCUT2D eigenvalue weighted by molar-refractivity contribution is 7.99. The lowest BCUT2D eigenvalue weighted by molar-refractivity contribution is -0.143. The number of hydrogen-bond donors (Lipinski definition) is 1. The number of amides is 1. The quantitative estimate of drug-likeness (QED) is 0.644. The molecule has 116 valence electrons. The summed E-state index contributed by atoms with van der Waals surface area (Å²) >= 11 is 1.84. The molecule has 1 atom stereocenters. The zero-order chi connectivity index (χ0) is 15.1. The molecule has 2 rings (SSSR count). The fourth-order valence-electron chi connectivity index (χ4n) is 2.21. The minimum atomic E-state index is -0.312. The van der Waals surface area contributed by atoms with E-state index in [1.807, 2.05) is 18.8 Å². The van der Waals surface area contributed by atoms with Gasteiger partial charge in [-0.2, -0.15) is 0 Å². The van der Waals surface area contributed by atoms with Gasteiger partial charge < -0.3 is 15.0 Å². The molecule has 1 saturated heterocycles. The summed E-state index contributed by atoms with van der Waals surface area (Å²) in [6.45, 7) is 4.95. The Labute approximate surface area is 131 Å². The molecule has 0 radical (unpaired) electrons. The summed E-state index contributed by atoms with van der Waals surface area (Å²) in [5.41, 5.74) is 1.28. The Kier molecular flexibility index (Phi) is 6.54. The van der Waals surface area contributed by atoms with Crippen molar-refractivity contribution in [2.24, 2.45) is 0 Å². The molecule has 1 fully saturated rings. The van der Waals surface area contributed by atoms with Gasteiger partial charge in [0.15, 0.2) is 0 Å². The van der Waals surface area contributed by atoms with E-state index >= 15 is 0 Å². The molecule has 0 saturated carbocycles. The molecule has 1 unspecified atom stereocenters. The zero-order valence-corrected chi connectivity index (χ0v) is 13.6. The molecule has 21 heavy (non-hydrogen) atoms. The van der Waals surface area contributed by atoms with Crippen LogP contribution in [-0.2, 0) is 9.53 Å². The van der Waals surface area contributed by atoms with Crippen molar-refractivity contribution >= 4 is 17.7 Å². The Bertz CT molecular complexity index is 444. The molecule has 1 heterocycles. The highest BCUT2D eigenvalue weighted by Crippen LogP contribution is 2.19. The van der Waals surface area contributed by atoms with Gasteiger partial charge in [0.05, 0.1) is 6.61 Å². The topological polar surface area (TPSA) is 41.6 Å². The Morgan fingerprint density at radius 2 is 2.19 bits per heavy atom. The second-order valence-corrected chi connectivity index (χ2v) is 6.51. The summed E-state index contributed by atoms with van der Waals surface area (Å²) in [5, 5.41) is 3.19. The molecule has 1 amide bonds. The molecule has 5 heteroatoms. The lowest BCUT2D eigenvalue weighted by Gasteiger charge is -2.27. The number of nitrogens with zero attached hydrogens (tertiary/aromatic N) is 1. The van der Waals surface area contributed by atoms with Crippen LogP contribution in [0.5, 0.6) is 0 Å². The molecule has 1 aliphatic heterocycles. The second kappa shape index (κ2) is 8.41. The highest BCUT2D eigenvalue weighted by atomic mass is 32.2. The monoisotopic (exact) mass is 308 g/mol. The first kappa shape index (κ1) is 16.3. The second-order valence-electron chi connectivity index (χ2n) is 5.34. The number of benzene rings is 1. The Hall–Kier alpha value is -1.04. The van der Waals surface area contributed by atoms with Crippen molar-refractivity contribution in [3.63, 3.8) is 0 Å². The lowest BCUT2D eigenvalue weighted by Crippen LogP contribution is -2.48. The van der Waals surface area contributed by atoms with Crippen LogP contribution in [0.4, 0.5) is 0 Å². The van der Waals surface area contributed by atoms with Crippen molar-refractivity contribution in [1.29, 1.82) is 0 Å². The van der Waals surface area contributed by atoms with Gasteiger partial charge in [-0.15, -0.1) is 11.8 Å². The summed E-state index contributed by atoms with van der Waals surface area (Å²) in [7, 11) is 1.86. The molecule has 0 aromatic heterocycles. The molecule has 1 aliphatic rings. The number of aryl methyl sites for hydroxylation is 1. The minimum Gasteiger partial charge on any atom is -0.366 e. The largest absolute Gasteiger partial charge is 0.366 e. The predicted octanol–water partition coefficient (Wildman–Crippen LogP) is 1.92. The number of nitrogens with one attached hydrogen (secondary N) is 1. The molecule has 1 aromatic rings. The third-order valence-corrected chi connectivity index (χ3v) is 4.61. The van der Waals surface area contributed by atoms with Crippen molar-refractivity contribution in [2.45, 2.75) is 24.3 Å². The van der Waals surface area contributed by atoms with Gasteiger partial charge in [-0.1, -0.05) is 17.7 Å². The van der Waals surface area contributed by atoms with E-state index in [9.17, 15) is 4.79 Å². The molecule has 1 aromatic carbocycles. The summed E-state index contributed by atoms with van der Waals surface area (Å²) in [4.78, 5) is 15.2. The van der Waals surface area contributed by atoms with E-state index in [2.05, 4.69) is 36.5 Å². The van der Waals surface area contributed by atoms with Gasteiger partial charge in [-0.25, -0.2) is 0 Å². The number of morpholine rings is 1. The van der Waals surface area contributed by atoms with Crippen LogP contribution in [0.25, 0.3) is 0 Å². The standard InChI is InChI=1S/C16H24N2O2S/c1-13-4-6-14(7-5-13)21-11-3-9-18(2)16(19)15-12-17-8-10-20-15/h4-7,15,17H,3,8-12H2,1-2H3. The van der Waals surface area contributed by atoms with Gasteiger partial charge in [-0.05, 0) is 31.2 Å². The summed E-state index contributed by atoms with van der Waals surface area (Å²) in [6.07, 6.45) is 0.675. The predicted molar refractivity (Wildman–Crippen MR) is 86.8 cm³/mol. The minimum absolute atomic E-state index is 0.0857. The summed E-state index contributed by atoms with van der Waals surface area (Å²) in [6, 6.07) is 8.56. The fraction of sp³-hybridized carbons (Fsp3) is 0.562. The van der Waals surface area contributed by atoms with Crippen molar-refractivity contribution < 1.29 is 9.53 Å². The van der Waals surface area contributed by atoms with Gasteiger partial charge >= 0.3 is 0 Å². The number of likely N-dealkylation sites (N-methyl/N-ethyl adjacent to an activating group) is 1. The van der Waals surface area contributed by atoms with E-state index in [0.29, 0.717) is 13.2 Å². The van der Waals surface area contributed by atoms with Crippen LogP contribution in [-0.4, -0.2) is 56.0 Å². The van der Waals surface area contributed by atoms with Gasteiger partial charge in [0.2, 0.25) is 0 Å². The van der Waals surface area contributed by atoms with Crippen LogP contribution in [0.1, 0.15) is 12.0 Å². The number of carbonyl (C=O) groups excluding carboxylic acids is 1. The first-order valence-electron chi connectivity index (χ1n) is 7.43. The number of hydrogen-bond acceptors (Lipinski definition) is 4. The maximum absolute atomic E-state index is 12.2. The smallest absolute Gasteiger partial charge is 0.252 e. The SMILES string of the molecule is Cc1ccc(SCCCN(C)C(=O)C2CNCCO2)cc1. The first-order valence-corrected chi connectivity index (χ1v) is 8.42. The third kappa shape index (κ3) is 5.34. The maximum atomic E-state index is 12.2. The first-order chi connectivity index (χ1) is 10.2. The molecule has 4 nitrogen and oxygen atoms in total. The van der Waals surface area contributed by atoms with Crippen molar-refractivity contribution in [3.8, 4) is 0 Å². The van der Waals surface area contributed by atoms with Crippen molar-refractivity contribution in [2.75, 3.05) is 39.0 Å². The van der Waals surface area contributed by atoms with E-state index in [0.717, 1.165) is 25.3 Å². The maximum Gasteiger partial charge on any atom is 0.252 e. The lowest BCUT2D eigenvalue weighted by atomic mass is 10.2. The van der Waals surface area contributed by atoms with Gasteiger partial charge in [0.1, 0.15) is 6.10 Å². The van der Waals surface area contributed by atoms with Crippen LogP contribution >= 0.6 is 11.8 Å². The van der Waals surface area contributed by atoms with Crippen LogP contribution in [0.3, 0.4) is 0 Å². The van der Waals surface area contributed by atoms with E-state index in [1.165, 1.54) is 10.5 Å².